The highest BCUT2D eigenvalue weighted by Crippen LogP contribution is 2.41. The molecule has 0 fully saturated rings. The van der Waals surface area contributed by atoms with Crippen molar-refractivity contribution < 1.29 is 9.47 Å². The normalized spacial score (nSPS) is 14.3. The molecule has 18 heavy (non-hydrogen) atoms. The van der Waals surface area contributed by atoms with Gasteiger partial charge in [-0.05, 0) is 6.07 Å². The number of para-hydroxylation sites is 1. The van der Waals surface area contributed by atoms with E-state index in [4.69, 9.17) is 15.2 Å². The molecular weight excluding hydrogens is 230 g/mol. The molecule has 5 heteroatoms. The highest BCUT2D eigenvalue weighted by Gasteiger charge is 2.18. The fourth-order valence-corrected chi connectivity index (χ4v) is 2.06. The molecule has 5 nitrogen and oxygen atoms in total. The molecule has 0 bridgehead atoms. The van der Waals surface area contributed by atoms with E-state index < -0.39 is 0 Å². The van der Waals surface area contributed by atoms with Crippen molar-refractivity contribution in [2.24, 2.45) is 7.05 Å². The van der Waals surface area contributed by atoms with Gasteiger partial charge in [0, 0.05) is 24.6 Å². The average Bonchev–Trinajstić information content (AvgIpc) is 2.61. The average molecular weight is 245 g/mol. The lowest BCUT2D eigenvalue weighted by atomic mass is 10.1. The molecule has 0 spiro atoms. The number of ether oxygens (including phenoxy) is 2. The monoisotopic (exact) mass is 245 g/mol. The first-order valence-corrected chi connectivity index (χ1v) is 5.94. The largest absolute Gasteiger partial charge is 0.490 e. The second kappa shape index (κ2) is 4.25. The predicted molar refractivity (Wildman–Crippen MR) is 68.7 cm³/mol. The summed E-state index contributed by atoms with van der Waals surface area (Å²) >= 11 is 0. The van der Waals surface area contributed by atoms with Crippen molar-refractivity contribution in [2.75, 3.05) is 18.9 Å². The van der Waals surface area contributed by atoms with Crippen molar-refractivity contribution >= 4 is 5.82 Å². The second-order valence-corrected chi connectivity index (χ2v) is 4.25. The SMILES string of the molecule is Cn1ncc(-c2cccc3c2OCCCO3)c1N. The molecule has 2 heterocycles. The van der Waals surface area contributed by atoms with Crippen LogP contribution in [0.2, 0.25) is 0 Å². The van der Waals surface area contributed by atoms with Crippen LogP contribution in [0.4, 0.5) is 5.82 Å². The molecule has 1 aromatic carbocycles. The molecule has 1 aromatic heterocycles. The van der Waals surface area contributed by atoms with Gasteiger partial charge in [0.05, 0.1) is 19.4 Å². The van der Waals surface area contributed by atoms with Crippen molar-refractivity contribution in [2.45, 2.75) is 6.42 Å². The molecule has 1 aliphatic heterocycles. The quantitative estimate of drug-likeness (QED) is 0.832. The van der Waals surface area contributed by atoms with Gasteiger partial charge >= 0.3 is 0 Å². The standard InChI is InChI=1S/C13H15N3O2/c1-16-13(14)10(8-15-16)9-4-2-5-11-12(9)18-7-3-6-17-11/h2,4-5,8H,3,6-7,14H2,1H3. The topological polar surface area (TPSA) is 62.3 Å². The maximum atomic E-state index is 6.01. The second-order valence-electron chi connectivity index (χ2n) is 4.25. The number of benzene rings is 1. The molecule has 94 valence electrons. The van der Waals surface area contributed by atoms with Gasteiger partial charge in [-0.2, -0.15) is 5.10 Å². The van der Waals surface area contributed by atoms with E-state index >= 15 is 0 Å². The third kappa shape index (κ3) is 1.68. The lowest BCUT2D eigenvalue weighted by Gasteiger charge is -2.11. The molecule has 2 N–H and O–H groups in total. The first-order valence-electron chi connectivity index (χ1n) is 5.94. The summed E-state index contributed by atoms with van der Waals surface area (Å²) in [6, 6.07) is 5.83. The van der Waals surface area contributed by atoms with E-state index in [-0.39, 0.29) is 0 Å². The van der Waals surface area contributed by atoms with Crippen LogP contribution in [-0.4, -0.2) is 23.0 Å². The van der Waals surface area contributed by atoms with Gasteiger partial charge in [0.2, 0.25) is 0 Å². The van der Waals surface area contributed by atoms with E-state index in [2.05, 4.69) is 5.10 Å². The Bertz CT molecular complexity index is 578. The number of fused-ring (bicyclic) bond motifs is 1. The zero-order valence-corrected chi connectivity index (χ0v) is 10.2. The maximum Gasteiger partial charge on any atom is 0.169 e. The molecule has 0 radical (unpaired) electrons. The van der Waals surface area contributed by atoms with E-state index in [1.54, 1.807) is 10.9 Å². The zero-order valence-electron chi connectivity index (χ0n) is 10.2. The van der Waals surface area contributed by atoms with Crippen molar-refractivity contribution in [1.82, 2.24) is 9.78 Å². The number of hydrogen-bond donors (Lipinski definition) is 1. The van der Waals surface area contributed by atoms with E-state index in [1.165, 1.54) is 0 Å². The van der Waals surface area contributed by atoms with Gasteiger partial charge in [0.15, 0.2) is 11.5 Å². The molecule has 0 aliphatic carbocycles. The Hall–Kier alpha value is -2.17. The summed E-state index contributed by atoms with van der Waals surface area (Å²) in [5.74, 6) is 2.15. The Labute approximate surface area is 105 Å². The number of rotatable bonds is 1. The van der Waals surface area contributed by atoms with Gasteiger partial charge in [-0.3, -0.25) is 4.68 Å². The summed E-state index contributed by atoms with van der Waals surface area (Å²) in [5.41, 5.74) is 7.82. The molecule has 0 amide bonds. The third-order valence-corrected chi connectivity index (χ3v) is 3.05. The number of aromatic nitrogens is 2. The number of nitrogens with two attached hydrogens (primary N) is 1. The van der Waals surface area contributed by atoms with Crippen LogP contribution in [-0.2, 0) is 7.05 Å². The minimum atomic E-state index is 0.622. The van der Waals surface area contributed by atoms with Crippen LogP contribution in [0, 0.1) is 0 Å². The Morgan fingerprint density at radius 2 is 2.06 bits per heavy atom. The van der Waals surface area contributed by atoms with Crippen LogP contribution in [0.1, 0.15) is 6.42 Å². The van der Waals surface area contributed by atoms with E-state index in [0.29, 0.717) is 19.0 Å². The van der Waals surface area contributed by atoms with Crippen molar-refractivity contribution in [3.8, 4) is 22.6 Å². The summed E-state index contributed by atoms with van der Waals surface area (Å²) in [5, 5.41) is 4.16. The zero-order chi connectivity index (χ0) is 12.5. The van der Waals surface area contributed by atoms with Gasteiger partial charge < -0.3 is 15.2 Å². The highest BCUT2D eigenvalue weighted by molar-refractivity contribution is 5.80. The van der Waals surface area contributed by atoms with Gasteiger partial charge in [-0.15, -0.1) is 0 Å². The fraction of sp³-hybridized carbons (Fsp3) is 0.308. The minimum Gasteiger partial charge on any atom is -0.490 e. The molecule has 0 saturated heterocycles. The summed E-state index contributed by atoms with van der Waals surface area (Å²) in [7, 11) is 1.82. The Morgan fingerprint density at radius 1 is 1.22 bits per heavy atom. The van der Waals surface area contributed by atoms with Crippen LogP contribution in [0.15, 0.2) is 24.4 Å². The highest BCUT2D eigenvalue weighted by atomic mass is 16.5. The molecule has 1 aliphatic rings. The summed E-state index contributed by atoms with van der Waals surface area (Å²) in [4.78, 5) is 0. The molecular formula is C13H15N3O2. The van der Waals surface area contributed by atoms with Crippen LogP contribution in [0.25, 0.3) is 11.1 Å². The minimum absolute atomic E-state index is 0.622. The fourth-order valence-electron chi connectivity index (χ4n) is 2.06. The van der Waals surface area contributed by atoms with E-state index in [1.807, 2.05) is 25.2 Å². The first-order chi connectivity index (χ1) is 8.77. The Kier molecular flexibility index (Phi) is 2.59. The van der Waals surface area contributed by atoms with Crippen LogP contribution >= 0.6 is 0 Å². The Balaban J connectivity index is 2.15. The molecule has 0 unspecified atom stereocenters. The van der Waals surface area contributed by atoms with Crippen LogP contribution < -0.4 is 15.2 Å². The van der Waals surface area contributed by atoms with E-state index in [0.717, 1.165) is 29.0 Å². The lowest BCUT2D eigenvalue weighted by Crippen LogP contribution is -1.99. The molecule has 3 rings (SSSR count). The first kappa shape index (κ1) is 11.0. The number of hydrogen-bond acceptors (Lipinski definition) is 4. The van der Waals surface area contributed by atoms with Crippen molar-refractivity contribution in [3.63, 3.8) is 0 Å². The number of nitrogens with zero attached hydrogens (tertiary/aromatic N) is 2. The van der Waals surface area contributed by atoms with Crippen molar-refractivity contribution in [3.05, 3.63) is 24.4 Å². The van der Waals surface area contributed by atoms with Gasteiger partial charge in [0.25, 0.3) is 0 Å². The van der Waals surface area contributed by atoms with Gasteiger partial charge in [0.1, 0.15) is 5.82 Å². The molecule has 0 atom stereocenters. The number of anilines is 1. The number of aryl methyl sites for hydroxylation is 1. The summed E-state index contributed by atoms with van der Waals surface area (Å²) in [6.45, 7) is 1.34. The van der Waals surface area contributed by atoms with E-state index in [9.17, 15) is 0 Å². The summed E-state index contributed by atoms with van der Waals surface area (Å²) in [6.07, 6.45) is 2.63. The smallest absolute Gasteiger partial charge is 0.169 e. The maximum absolute atomic E-state index is 6.01. The van der Waals surface area contributed by atoms with Crippen LogP contribution in [0.5, 0.6) is 11.5 Å². The van der Waals surface area contributed by atoms with Gasteiger partial charge in [-0.25, -0.2) is 0 Å². The molecule has 2 aromatic rings. The third-order valence-electron chi connectivity index (χ3n) is 3.05. The summed E-state index contributed by atoms with van der Waals surface area (Å²) < 4.78 is 13.1. The molecule has 0 saturated carbocycles. The Morgan fingerprint density at radius 3 is 2.83 bits per heavy atom. The predicted octanol–water partition coefficient (Wildman–Crippen LogP) is 1.83. The van der Waals surface area contributed by atoms with Crippen LogP contribution in [0.3, 0.4) is 0 Å². The van der Waals surface area contributed by atoms with Gasteiger partial charge in [-0.1, -0.05) is 12.1 Å². The van der Waals surface area contributed by atoms with Crippen molar-refractivity contribution in [1.29, 1.82) is 0 Å². The lowest BCUT2D eigenvalue weighted by molar-refractivity contribution is 0.297. The number of nitrogen functional groups attached to an aromatic ring is 1.